The Morgan fingerprint density at radius 1 is 1.29 bits per heavy atom. The molecule has 1 aromatic heterocycles. The highest BCUT2D eigenvalue weighted by Gasteiger charge is 2.31. The maximum Gasteiger partial charge on any atom is 0.419 e. The van der Waals surface area contributed by atoms with Crippen LogP contribution in [0.2, 0.25) is 0 Å². The fraction of sp³-hybridized carbons (Fsp3) is 0.600. The first-order valence-corrected chi connectivity index (χ1v) is 5.30. The van der Waals surface area contributed by atoms with E-state index in [0.717, 1.165) is 18.9 Å². The van der Waals surface area contributed by atoms with E-state index in [1.165, 1.54) is 0 Å². The van der Waals surface area contributed by atoms with E-state index >= 15 is 0 Å². The molecule has 1 atom stereocenters. The second kappa shape index (κ2) is 5.81. The Morgan fingerprint density at radius 3 is 2.35 bits per heavy atom. The number of halogens is 3. The van der Waals surface area contributed by atoms with Crippen LogP contribution >= 0.6 is 0 Å². The molecule has 0 aromatic carbocycles. The number of likely N-dealkylation sites (N-methyl/N-ethyl adjacent to an activating group) is 1. The summed E-state index contributed by atoms with van der Waals surface area (Å²) < 4.78 is 36.7. The number of alkyl halides is 3. The molecular formula is C10H15F3N4. The van der Waals surface area contributed by atoms with E-state index in [4.69, 9.17) is 0 Å². The molecule has 0 bridgehead atoms. The lowest BCUT2D eigenvalue weighted by molar-refractivity contribution is -0.138. The number of aromatic nitrogens is 2. The SMILES string of the molecule is CCNC(C)CNc1ncc(C(F)(F)F)cn1. The molecule has 0 spiro atoms. The van der Waals surface area contributed by atoms with Crippen molar-refractivity contribution in [2.75, 3.05) is 18.4 Å². The average molecular weight is 248 g/mol. The molecule has 17 heavy (non-hydrogen) atoms. The molecule has 0 saturated carbocycles. The quantitative estimate of drug-likeness (QED) is 0.835. The topological polar surface area (TPSA) is 49.8 Å². The van der Waals surface area contributed by atoms with Crippen LogP contribution in [0.3, 0.4) is 0 Å². The van der Waals surface area contributed by atoms with Gasteiger partial charge in [0.15, 0.2) is 0 Å². The fourth-order valence-corrected chi connectivity index (χ4v) is 1.23. The molecule has 4 nitrogen and oxygen atoms in total. The fourth-order valence-electron chi connectivity index (χ4n) is 1.23. The van der Waals surface area contributed by atoms with Gasteiger partial charge >= 0.3 is 6.18 Å². The summed E-state index contributed by atoms with van der Waals surface area (Å²) in [5.74, 6) is 0.197. The van der Waals surface area contributed by atoms with Gasteiger partial charge in [-0.25, -0.2) is 9.97 Å². The Morgan fingerprint density at radius 2 is 1.88 bits per heavy atom. The van der Waals surface area contributed by atoms with Crippen molar-refractivity contribution < 1.29 is 13.2 Å². The Labute approximate surface area is 97.7 Å². The van der Waals surface area contributed by atoms with Crippen LogP contribution in [0.25, 0.3) is 0 Å². The molecule has 0 fully saturated rings. The summed E-state index contributed by atoms with van der Waals surface area (Å²) in [5.41, 5.74) is -0.845. The van der Waals surface area contributed by atoms with Crippen molar-refractivity contribution in [2.45, 2.75) is 26.1 Å². The molecule has 0 aliphatic heterocycles. The van der Waals surface area contributed by atoms with Gasteiger partial charge < -0.3 is 10.6 Å². The first kappa shape index (κ1) is 13.7. The number of anilines is 1. The van der Waals surface area contributed by atoms with Crippen LogP contribution in [0.5, 0.6) is 0 Å². The molecule has 1 heterocycles. The minimum absolute atomic E-state index is 0.197. The first-order chi connectivity index (χ1) is 7.93. The molecule has 0 aliphatic rings. The lowest BCUT2D eigenvalue weighted by atomic mass is 10.3. The van der Waals surface area contributed by atoms with E-state index in [1.54, 1.807) is 0 Å². The van der Waals surface area contributed by atoms with Gasteiger partial charge in [0, 0.05) is 25.0 Å². The van der Waals surface area contributed by atoms with Gasteiger partial charge in [0.05, 0.1) is 5.56 Å². The van der Waals surface area contributed by atoms with Crippen LogP contribution in [-0.2, 0) is 6.18 Å². The maximum absolute atomic E-state index is 12.2. The summed E-state index contributed by atoms with van der Waals surface area (Å²) in [6.07, 6.45) is -2.85. The molecule has 1 rings (SSSR count). The van der Waals surface area contributed by atoms with E-state index in [2.05, 4.69) is 20.6 Å². The summed E-state index contributed by atoms with van der Waals surface area (Å²) >= 11 is 0. The summed E-state index contributed by atoms with van der Waals surface area (Å²) in [4.78, 5) is 7.21. The number of nitrogens with one attached hydrogen (secondary N) is 2. The predicted molar refractivity (Wildman–Crippen MR) is 58.7 cm³/mol. The van der Waals surface area contributed by atoms with Crippen LogP contribution in [0.15, 0.2) is 12.4 Å². The molecule has 0 aliphatic carbocycles. The smallest absolute Gasteiger partial charge is 0.353 e. The summed E-state index contributed by atoms with van der Waals surface area (Å²) in [6.45, 7) is 5.32. The van der Waals surface area contributed by atoms with Crippen LogP contribution < -0.4 is 10.6 Å². The Hall–Kier alpha value is -1.37. The van der Waals surface area contributed by atoms with Gasteiger partial charge in [-0.2, -0.15) is 13.2 Å². The third kappa shape index (κ3) is 4.56. The zero-order chi connectivity index (χ0) is 12.9. The van der Waals surface area contributed by atoms with Crippen molar-refractivity contribution in [3.05, 3.63) is 18.0 Å². The van der Waals surface area contributed by atoms with Crippen molar-refractivity contribution in [1.29, 1.82) is 0 Å². The van der Waals surface area contributed by atoms with Crippen LogP contribution in [0, 0.1) is 0 Å². The lowest BCUT2D eigenvalue weighted by Gasteiger charge is -2.13. The minimum Gasteiger partial charge on any atom is -0.353 e. The largest absolute Gasteiger partial charge is 0.419 e. The van der Waals surface area contributed by atoms with Crippen LogP contribution in [-0.4, -0.2) is 29.1 Å². The summed E-state index contributed by atoms with van der Waals surface area (Å²) in [5, 5.41) is 6.01. The van der Waals surface area contributed by atoms with Gasteiger partial charge in [-0.15, -0.1) is 0 Å². The molecule has 0 saturated heterocycles. The molecule has 0 radical (unpaired) electrons. The van der Waals surface area contributed by atoms with Gasteiger partial charge in [0.1, 0.15) is 0 Å². The highest BCUT2D eigenvalue weighted by atomic mass is 19.4. The van der Waals surface area contributed by atoms with Gasteiger partial charge in [-0.1, -0.05) is 6.92 Å². The molecule has 1 unspecified atom stereocenters. The molecule has 7 heteroatoms. The molecular weight excluding hydrogens is 233 g/mol. The lowest BCUT2D eigenvalue weighted by Crippen LogP contribution is -2.32. The normalized spacial score (nSPS) is 13.5. The standard InChI is InChI=1S/C10H15F3N4/c1-3-14-7(2)4-15-9-16-5-8(6-17-9)10(11,12)13/h5-7,14H,3-4H2,1-2H3,(H,15,16,17). The van der Waals surface area contributed by atoms with E-state index in [-0.39, 0.29) is 12.0 Å². The third-order valence-electron chi connectivity index (χ3n) is 2.10. The van der Waals surface area contributed by atoms with Gasteiger partial charge in [-0.05, 0) is 13.5 Å². The van der Waals surface area contributed by atoms with Crippen LogP contribution in [0.1, 0.15) is 19.4 Å². The van der Waals surface area contributed by atoms with E-state index < -0.39 is 11.7 Å². The van der Waals surface area contributed by atoms with Gasteiger partial charge in [0.2, 0.25) is 5.95 Å². The van der Waals surface area contributed by atoms with E-state index in [1.807, 2.05) is 13.8 Å². The Bertz CT molecular complexity index is 336. The third-order valence-corrected chi connectivity index (χ3v) is 2.10. The molecule has 0 amide bonds. The van der Waals surface area contributed by atoms with Crippen molar-refractivity contribution in [1.82, 2.24) is 15.3 Å². The van der Waals surface area contributed by atoms with E-state index in [0.29, 0.717) is 6.54 Å². The second-order valence-corrected chi connectivity index (χ2v) is 3.63. The average Bonchev–Trinajstić information content (AvgIpc) is 2.26. The minimum atomic E-state index is -4.39. The number of nitrogens with zero attached hydrogens (tertiary/aromatic N) is 2. The predicted octanol–water partition coefficient (Wildman–Crippen LogP) is 1.91. The molecule has 1 aromatic rings. The van der Waals surface area contributed by atoms with Crippen molar-refractivity contribution in [2.24, 2.45) is 0 Å². The Balaban J connectivity index is 2.51. The molecule has 2 N–H and O–H groups in total. The van der Waals surface area contributed by atoms with Crippen molar-refractivity contribution in [3.63, 3.8) is 0 Å². The number of hydrogen-bond donors (Lipinski definition) is 2. The second-order valence-electron chi connectivity index (χ2n) is 3.63. The number of hydrogen-bond acceptors (Lipinski definition) is 4. The summed E-state index contributed by atoms with van der Waals surface area (Å²) in [7, 11) is 0. The zero-order valence-corrected chi connectivity index (χ0v) is 9.67. The van der Waals surface area contributed by atoms with Gasteiger partial charge in [0.25, 0.3) is 0 Å². The van der Waals surface area contributed by atoms with E-state index in [9.17, 15) is 13.2 Å². The van der Waals surface area contributed by atoms with Crippen molar-refractivity contribution >= 4 is 5.95 Å². The zero-order valence-electron chi connectivity index (χ0n) is 9.67. The van der Waals surface area contributed by atoms with Crippen molar-refractivity contribution in [3.8, 4) is 0 Å². The number of rotatable bonds is 5. The monoisotopic (exact) mass is 248 g/mol. The summed E-state index contributed by atoms with van der Waals surface area (Å²) in [6, 6.07) is 0.200. The molecule has 96 valence electrons. The highest BCUT2D eigenvalue weighted by Crippen LogP contribution is 2.27. The maximum atomic E-state index is 12.2. The van der Waals surface area contributed by atoms with Crippen LogP contribution in [0.4, 0.5) is 19.1 Å². The van der Waals surface area contributed by atoms with Gasteiger partial charge in [-0.3, -0.25) is 0 Å². The first-order valence-electron chi connectivity index (χ1n) is 5.30. The highest BCUT2D eigenvalue weighted by molar-refractivity contribution is 5.25. The Kier molecular flexibility index (Phi) is 4.68.